The van der Waals surface area contributed by atoms with E-state index in [1.165, 1.54) is 6.07 Å². The minimum atomic E-state index is -0.126. The summed E-state index contributed by atoms with van der Waals surface area (Å²) in [5.41, 5.74) is 0.752. The summed E-state index contributed by atoms with van der Waals surface area (Å²) in [4.78, 5) is 0. The van der Waals surface area contributed by atoms with Crippen LogP contribution in [0.4, 0.5) is 4.39 Å². The molecule has 12 heavy (non-hydrogen) atoms. The maximum absolute atomic E-state index is 13.2. The highest BCUT2D eigenvalue weighted by molar-refractivity contribution is 5.35. The standard InChI is InChI=1S/C11H9F/c12-11-8-4-3-7-10(11)9-5-1-2-6-9/h1-9H. The lowest BCUT2D eigenvalue weighted by Crippen LogP contribution is -1.92. The second-order valence-electron chi connectivity index (χ2n) is 2.82. The zero-order valence-corrected chi connectivity index (χ0v) is 6.57. The molecule has 0 aliphatic heterocycles. The Hall–Kier alpha value is -1.37. The van der Waals surface area contributed by atoms with Gasteiger partial charge in [0.05, 0.1) is 0 Å². The zero-order chi connectivity index (χ0) is 8.39. The SMILES string of the molecule is Fc1ccccc1C1C=CC=C1. The van der Waals surface area contributed by atoms with E-state index < -0.39 is 0 Å². The number of rotatable bonds is 1. The number of allylic oxidation sites excluding steroid dienone is 4. The molecule has 2 rings (SSSR count). The molecule has 1 heteroatoms. The summed E-state index contributed by atoms with van der Waals surface area (Å²) in [5, 5.41) is 0. The Labute approximate surface area is 71.0 Å². The van der Waals surface area contributed by atoms with Gasteiger partial charge in [0.1, 0.15) is 5.82 Å². The molecule has 0 saturated heterocycles. The molecule has 0 bridgehead atoms. The number of halogens is 1. The van der Waals surface area contributed by atoms with Crippen LogP contribution in [0, 0.1) is 5.82 Å². The van der Waals surface area contributed by atoms with Gasteiger partial charge in [-0.25, -0.2) is 4.39 Å². The van der Waals surface area contributed by atoms with Crippen LogP contribution in [-0.2, 0) is 0 Å². The van der Waals surface area contributed by atoms with Gasteiger partial charge in [0.15, 0.2) is 0 Å². The molecule has 0 spiro atoms. The molecule has 0 radical (unpaired) electrons. The maximum Gasteiger partial charge on any atom is 0.127 e. The molecule has 0 N–H and O–H groups in total. The second-order valence-corrected chi connectivity index (χ2v) is 2.82. The Kier molecular flexibility index (Phi) is 1.78. The molecule has 1 aromatic carbocycles. The number of benzene rings is 1. The van der Waals surface area contributed by atoms with Gasteiger partial charge in [-0.05, 0) is 11.6 Å². The van der Waals surface area contributed by atoms with Crippen molar-refractivity contribution in [3.05, 3.63) is 60.0 Å². The van der Waals surface area contributed by atoms with Crippen molar-refractivity contribution in [3.8, 4) is 0 Å². The lowest BCUT2D eigenvalue weighted by atomic mass is 10.0. The predicted molar refractivity (Wildman–Crippen MR) is 47.4 cm³/mol. The van der Waals surface area contributed by atoms with E-state index in [2.05, 4.69) is 0 Å². The monoisotopic (exact) mass is 160 g/mol. The van der Waals surface area contributed by atoms with Crippen LogP contribution in [0.15, 0.2) is 48.6 Å². The van der Waals surface area contributed by atoms with Crippen LogP contribution in [0.25, 0.3) is 0 Å². The molecule has 0 atom stereocenters. The Morgan fingerprint density at radius 3 is 2.33 bits per heavy atom. The highest BCUT2D eigenvalue weighted by Gasteiger charge is 2.10. The van der Waals surface area contributed by atoms with Gasteiger partial charge in [-0.3, -0.25) is 0 Å². The Balaban J connectivity index is 2.39. The van der Waals surface area contributed by atoms with Gasteiger partial charge in [0, 0.05) is 5.92 Å². The van der Waals surface area contributed by atoms with E-state index in [4.69, 9.17) is 0 Å². The molecule has 0 nitrogen and oxygen atoms in total. The highest BCUT2D eigenvalue weighted by atomic mass is 19.1. The minimum absolute atomic E-state index is 0.126. The molecule has 0 heterocycles. The summed E-state index contributed by atoms with van der Waals surface area (Å²) >= 11 is 0. The molecular formula is C11H9F. The van der Waals surface area contributed by atoms with Crippen molar-refractivity contribution in [1.82, 2.24) is 0 Å². The average Bonchev–Trinajstić information content (AvgIpc) is 2.57. The maximum atomic E-state index is 13.2. The first-order valence-electron chi connectivity index (χ1n) is 3.97. The summed E-state index contributed by atoms with van der Waals surface area (Å²) in [5.74, 6) is 0.00454. The molecule has 0 aromatic heterocycles. The largest absolute Gasteiger partial charge is 0.207 e. The van der Waals surface area contributed by atoms with E-state index in [1.54, 1.807) is 6.07 Å². The van der Waals surface area contributed by atoms with Crippen LogP contribution >= 0.6 is 0 Å². The molecule has 0 amide bonds. The quantitative estimate of drug-likeness (QED) is 0.592. The minimum Gasteiger partial charge on any atom is -0.207 e. The Morgan fingerprint density at radius 1 is 1.00 bits per heavy atom. The molecular weight excluding hydrogens is 151 g/mol. The number of hydrogen-bond acceptors (Lipinski definition) is 0. The van der Waals surface area contributed by atoms with Gasteiger partial charge in [0.2, 0.25) is 0 Å². The smallest absolute Gasteiger partial charge is 0.127 e. The Bertz CT molecular complexity index is 325. The third-order valence-corrected chi connectivity index (χ3v) is 2.01. The topological polar surface area (TPSA) is 0 Å². The van der Waals surface area contributed by atoms with Gasteiger partial charge >= 0.3 is 0 Å². The van der Waals surface area contributed by atoms with Crippen LogP contribution in [-0.4, -0.2) is 0 Å². The van der Waals surface area contributed by atoms with Gasteiger partial charge in [-0.2, -0.15) is 0 Å². The molecule has 60 valence electrons. The first-order valence-corrected chi connectivity index (χ1v) is 3.97. The summed E-state index contributed by atoms with van der Waals surface area (Å²) < 4.78 is 13.2. The lowest BCUT2D eigenvalue weighted by Gasteiger charge is -2.05. The van der Waals surface area contributed by atoms with Crippen molar-refractivity contribution < 1.29 is 4.39 Å². The summed E-state index contributed by atoms with van der Waals surface area (Å²) in [6, 6.07) is 6.88. The van der Waals surface area contributed by atoms with Crippen LogP contribution < -0.4 is 0 Å². The molecule has 1 aliphatic carbocycles. The van der Waals surface area contributed by atoms with Crippen LogP contribution in [0.1, 0.15) is 11.5 Å². The van der Waals surface area contributed by atoms with Crippen LogP contribution in [0.5, 0.6) is 0 Å². The zero-order valence-electron chi connectivity index (χ0n) is 6.57. The first kappa shape index (κ1) is 7.29. The number of hydrogen-bond donors (Lipinski definition) is 0. The van der Waals surface area contributed by atoms with Crippen molar-refractivity contribution in [2.45, 2.75) is 5.92 Å². The highest BCUT2D eigenvalue weighted by Crippen LogP contribution is 2.24. The van der Waals surface area contributed by atoms with Gasteiger partial charge in [0.25, 0.3) is 0 Å². The van der Waals surface area contributed by atoms with Crippen molar-refractivity contribution in [2.75, 3.05) is 0 Å². The summed E-state index contributed by atoms with van der Waals surface area (Å²) in [6.07, 6.45) is 7.85. The summed E-state index contributed by atoms with van der Waals surface area (Å²) in [7, 11) is 0. The van der Waals surface area contributed by atoms with Crippen molar-refractivity contribution >= 4 is 0 Å². The van der Waals surface area contributed by atoms with Crippen molar-refractivity contribution in [3.63, 3.8) is 0 Å². The predicted octanol–water partition coefficient (Wildman–Crippen LogP) is 3.04. The van der Waals surface area contributed by atoms with E-state index in [0.717, 1.165) is 5.56 Å². The Morgan fingerprint density at radius 2 is 1.67 bits per heavy atom. The molecule has 1 aliphatic rings. The second kappa shape index (κ2) is 2.94. The molecule has 0 unspecified atom stereocenters. The van der Waals surface area contributed by atoms with Crippen molar-refractivity contribution in [2.24, 2.45) is 0 Å². The van der Waals surface area contributed by atoms with Gasteiger partial charge in [-0.15, -0.1) is 0 Å². The van der Waals surface area contributed by atoms with Gasteiger partial charge < -0.3 is 0 Å². The molecule has 0 fully saturated rings. The third kappa shape index (κ3) is 1.18. The van der Waals surface area contributed by atoms with Crippen LogP contribution in [0.3, 0.4) is 0 Å². The van der Waals surface area contributed by atoms with E-state index >= 15 is 0 Å². The fourth-order valence-electron chi connectivity index (χ4n) is 1.38. The van der Waals surface area contributed by atoms with E-state index in [-0.39, 0.29) is 11.7 Å². The average molecular weight is 160 g/mol. The normalized spacial score (nSPS) is 15.8. The van der Waals surface area contributed by atoms with E-state index in [1.807, 2.05) is 36.4 Å². The lowest BCUT2D eigenvalue weighted by molar-refractivity contribution is 0.610. The molecule has 1 aromatic rings. The fraction of sp³-hybridized carbons (Fsp3) is 0.0909. The summed E-state index contributed by atoms with van der Waals surface area (Å²) in [6.45, 7) is 0. The van der Waals surface area contributed by atoms with E-state index in [0.29, 0.717) is 0 Å². The first-order chi connectivity index (χ1) is 5.88. The fourth-order valence-corrected chi connectivity index (χ4v) is 1.38. The van der Waals surface area contributed by atoms with Gasteiger partial charge in [-0.1, -0.05) is 42.5 Å². The van der Waals surface area contributed by atoms with Crippen LogP contribution in [0.2, 0.25) is 0 Å². The van der Waals surface area contributed by atoms with E-state index in [9.17, 15) is 4.39 Å². The molecule has 0 saturated carbocycles. The van der Waals surface area contributed by atoms with Crippen molar-refractivity contribution in [1.29, 1.82) is 0 Å². The third-order valence-electron chi connectivity index (χ3n) is 2.01.